The maximum absolute atomic E-state index is 12.8. The van der Waals surface area contributed by atoms with Gasteiger partial charge in [-0.2, -0.15) is 0 Å². The summed E-state index contributed by atoms with van der Waals surface area (Å²) < 4.78 is 12.9. The van der Waals surface area contributed by atoms with E-state index >= 15 is 0 Å². The van der Waals surface area contributed by atoms with Crippen LogP contribution in [-0.4, -0.2) is 39.3 Å². The highest BCUT2D eigenvalue weighted by Gasteiger charge is 2.28. The van der Waals surface area contributed by atoms with E-state index in [2.05, 4.69) is 20.8 Å². The number of hydrogen-bond donors (Lipinski definition) is 1. The summed E-state index contributed by atoms with van der Waals surface area (Å²) in [6.45, 7) is 3.78. The lowest BCUT2D eigenvalue weighted by Gasteiger charge is -2.16. The number of hydrogen-bond acceptors (Lipinski definition) is 6. The summed E-state index contributed by atoms with van der Waals surface area (Å²) >= 11 is 6.34. The highest BCUT2D eigenvalue weighted by Crippen LogP contribution is 2.38. The number of ether oxygens (including phenoxy) is 2. The molecule has 1 fully saturated rings. The van der Waals surface area contributed by atoms with Gasteiger partial charge in [-0.1, -0.05) is 23.7 Å². The number of amides is 1. The van der Waals surface area contributed by atoms with Gasteiger partial charge in [-0.15, -0.1) is 5.10 Å². The van der Waals surface area contributed by atoms with Crippen LogP contribution in [0.4, 0.5) is 5.69 Å². The predicted octanol–water partition coefficient (Wildman–Crippen LogP) is 4.38. The highest BCUT2D eigenvalue weighted by atomic mass is 35.5. The van der Waals surface area contributed by atoms with Crippen LogP contribution in [0.15, 0.2) is 36.4 Å². The van der Waals surface area contributed by atoms with Crippen LogP contribution < -0.4 is 14.8 Å². The number of nitrogens with zero attached hydrogens (tertiary/aromatic N) is 4. The van der Waals surface area contributed by atoms with Crippen LogP contribution in [0.2, 0.25) is 5.02 Å². The predicted molar refractivity (Wildman–Crippen MR) is 113 cm³/mol. The van der Waals surface area contributed by atoms with Crippen molar-refractivity contribution in [1.29, 1.82) is 0 Å². The molecule has 0 unspecified atom stereocenters. The maximum atomic E-state index is 12.8. The molecule has 1 heterocycles. The van der Waals surface area contributed by atoms with Gasteiger partial charge in [-0.05, 0) is 61.4 Å². The molecule has 0 aliphatic heterocycles. The Morgan fingerprint density at radius 2 is 2.07 bits per heavy atom. The number of benzene rings is 2. The fourth-order valence-corrected chi connectivity index (χ4v) is 3.34. The molecule has 0 bridgehead atoms. The monoisotopic (exact) mass is 427 g/mol. The molecule has 9 heteroatoms. The largest absolute Gasteiger partial charge is 0.493 e. The molecule has 30 heavy (non-hydrogen) atoms. The summed E-state index contributed by atoms with van der Waals surface area (Å²) in [7, 11) is 1.51. The van der Waals surface area contributed by atoms with E-state index in [4.69, 9.17) is 21.1 Å². The Hall–Kier alpha value is -3.13. The minimum absolute atomic E-state index is 0.0778. The number of nitrogens with one attached hydrogen (secondary N) is 1. The standard InChI is InChI=1S/C21H22ClN5O3/c1-12(2)30-19-17(22)10-14(11-18(19)29-3)21(28)23-15-6-4-5-13(9-15)20-24-25-26-27(20)16-7-8-16/h4-6,9-12,16H,7-8H2,1-3H3,(H,23,28). The van der Waals surface area contributed by atoms with Gasteiger partial charge in [0, 0.05) is 16.8 Å². The van der Waals surface area contributed by atoms with E-state index in [0.29, 0.717) is 39.6 Å². The topological polar surface area (TPSA) is 91.2 Å². The van der Waals surface area contributed by atoms with Crippen molar-refractivity contribution < 1.29 is 14.3 Å². The molecule has 1 saturated carbocycles. The third kappa shape index (κ3) is 4.23. The number of carbonyl (C=O) groups excluding carboxylic acids is 1. The first-order valence-electron chi connectivity index (χ1n) is 9.70. The van der Waals surface area contributed by atoms with E-state index in [9.17, 15) is 4.79 Å². The van der Waals surface area contributed by atoms with Crippen molar-refractivity contribution in [3.63, 3.8) is 0 Å². The molecule has 0 atom stereocenters. The smallest absolute Gasteiger partial charge is 0.255 e. The molecule has 0 spiro atoms. The van der Waals surface area contributed by atoms with Crippen LogP contribution in [0.1, 0.15) is 43.1 Å². The number of anilines is 1. The second kappa shape index (κ2) is 8.31. The third-order valence-corrected chi connectivity index (χ3v) is 4.89. The van der Waals surface area contributed by atoms with Crippen LogP contribution in [-0.2, 0) is 0 Å². The second-order valence-electron chi connectivity index (χ2n) is 7.37. The summed E-state index contributed by atoms with van der Waals surface area (Å²) in [6, 6.07) is 10.9. The minimum Gasteiger partial charge on any atom is -0.493 e. The van der Waals surface area contributed by atoms with Crippen LogP contribution in [0.5, 0.6) is 11.5 Å². The first-order valence-corrected chi connectivity index (χ1v) is 10.1. The van der Waals surface area contributed by atoms with Gasteiger partial charge in [0.2, 0.25) is 0 Å². The first kappa shape index (κ1) is 20.2. The Morgan fingerprint density at radius 1 is 1.27 bits per heavy atom. The van der Waals surface area contributed by atoms with Gasteiger partial charge in [0.15, 0.2) is 17.3 Å². The molecule has 8 nitrogen and oxygen atoms in total. The van der Waals surface area contributed by atoms with Gasteiger partial charge >= 0.3 is 0 Å². The summed E-state index contributed by atoms with van der Waals surface area (Å²) in [6.07, 6.45) is 2.08. The fourth-order valence-electron chi connectivity index (χ4n) is 3.09. The lowest BCUT2D eigenvalue weighted by atomic mass is 10.1. The van der Waals surface area contributed by atoms with Gasteiger partial charge in [0.25, 0.3) is 5.91 Å². The molecule has 1 aliphatic rings. The molecule has 1 aromatic heterocycles. The van der Waals surface area contributed by atoms with Crippen molar-refractivity contribution in [1.82, 2.24) is 20.2 Å². The average Bonchev–Trinajstić information content (AvgIpc) is 3.45. The van der Waals surface area contributed by atoms with E-state index in [-0.39, 0.29) is 12.0 Å². The quantitative estimate of drug-likeness (QED) is 0.601. The van der Waals surface area contributed by atoms with E-state index in [1.807, 2.05) is 42.8 Å². The zero-order valence-electron chi connectivity index (χ0n) is 16.9. The number of methoxy groups -OCH3 is 1. The molecule has 1 amide bonds. The lowest BCUT2D eigenvalue weighted by molar-refractivity contribution is 0.102. The molecule has 156 valence electrons. The summed E-state index contributed by atoms with van der Waals surface area (Å²) in [4.78, 5) is 12.8. The van der Waals surface area contributed by atoms with Gasteiger partial charge < -0.3 is 14.8 Å². The number of aromatic nitrogens is 4. The lowest BCUT2D eigenvalue weighted by Crippen LogP contribution is -2.13. The van der Waals surface area contributed by atoms with Gasteiger partial charge in [0.05, 0.1) is 24.3 Å². The molecule has 2 aromatic carbocycles. The number of carbonyl (C=O) groups is 1. The van der Waals surface area contributed by atoms with E-state index in [1.54, 1.807) is 12.1 Å². The number of tetrazole rings is 1. The van der Waals surface area contributed by atoms with Crippen LogP contribution in [0, 0.1) is 0 Å². The van der Waals surface area contributed by atoms with Gasteiger partial charge in [-0.25, -0.2) is 4.68 Å². The summed E-state index contributed by atoms with van der Waals surface area (Å²) in [5, 5.41) is 15.2. The minimum atomic E-state index is -0.315. The molecule has 0 saturated heterocycles. The molecule has 1 aliphatic carbocycles. The van der Waals surface area contributed by atoms with E-state index < -0.39 is 0 Å². The molecule has 0 radical (unpaired) electrons. The highest BCUT2D eigenvalue weighted by molar-refractivity contribution is 6.32. The Bertz CT molecular complexity index is 1080. The zero-order valence-corrected chi connectivity index (χ0v) is 17.7. The van der Waals surface area contributed by atoms with Crippen LogP contribution >= 0.6 is 11.6 Å². The molecule has 1 N–H and O–H groups in total. The zero-order chi connectivity index (χ0) is 21.3. The van der Waals surface area contributed by atoms with Gasteiger partial charge in [0.1, 0.15) is 0 Å². The van der Waals surface area contributed by atoms with Crippen molar-refractivity contribution in [3.8, 4) is 22.9 Å². The van der Waals surface area contributed by atoms with Crippen molar-refractivity contribution in [2.45, 2.75) is 38.8 Å². The average molecular weight is 428 g/mol. The molecular weight excluding hydrogens is 406 g/mol. The first-order chi connectivity index (χ1) is 14.5. The molecular formula is C21H22ClN5O3. The third-order valence-electron chi connectivity index (χ3n) is 4.61. The number of halogens is 1. The Kier molecular flexibility index (Phi) is 5.59. The number of rotatable bonds is 7. The maximum Gasteiger partial charge on any atom is 0.255 e. The summed E-state index contributed by atoms with van der Waals surface area (Å²) in [5.41, 5.74) is 1.82. The van der Waals surface area contributed by atoms with Crippen molar-refractivity contribution in [3.05, 3.63) is 47.0 Å². The summed E-state index contributed by atoms with van der Waals surface area (Å²) in [5.74, 6) is 1.19. The molecule has 3 aromatic rings. The molecule has 4 rings (SSSR count). The normalized spacial score (nSPS) is 13.4. The van der Waals surface area contributed by atoms with Crippen molar-refractivity contribution >= 4 is 23.2 Å². The fraction of sp³-hybridized carbons (Fsp3) is 0.333. The van der Waals surface area contributed by atoms with Crippen LogP contribution in [0.3, 0.4) is 0 Å². The van der Waals surface area contributed by atoms with Gasteiger partial charge in [-0.3, -0.25) is 4.79 Å². The van der Waals surface area contributed by atoms with E-state index in [1.165, 1.54) is 7.11 Å². The Morgan fingerprint density at radius 3 is 2.77 bits per heavy atom. The van der Waals surface area contributed by atoms with E-state index in [0.717, 1.165) is 18.4 Å². The Balaban J connectivity index is 1.57. The Labute approximate surface area is 179 Å². The SMILES string of the molecule is COc1cc(C(=O)Nc2cccc(-c3nnnn3C3CC3)c2)cc(Cl)c1OC(C)C. The van der Waals surface area contributed by atoms with Crippen molar-refractivity contribution in [2.24, 2.45) is 0 Å². The van der Waals surface area contributed by atoms with Crippen LogP contribution in [0.25, 0.3) is 11.4 Å². The second-order valence-corrected chi connectivity index (χ2v) is 7.78. The van der Waals surface area contributed by atoms with Crippen molar-refractivity contribution in [2.75, 3.05) is 12.4 Å².